The van der Waals surface area contributed by atoms with Crippen LogP contribution >= 0.6 is 11.8 Å². The molecule has 4 heterocycles. The lowest BCUT2D eigenvalue weighted by molar-refractivity contribution is 0.0218. The maximum absolute atomic E-state index is 15.1. The largest absolute Gasteiger partial charge is 0.502 e. The van der Waals surface area contributed by atoms with Gasteiger partial charge in [0.05, 0.1) is 6.04 Å². The van der Waals surface area contributed by atoms with E-state index in [2.05, 4.69) is 0 Å². The second kappa shape index (κ2) is 8.94. The molecule has 6 rings (SSSR count). The number of hydrogen-bond donors (Lipinski definition) is 1. The van der Waals surface area contributed by atoms with E-state index in [9.17, 15) is 19.1 Å². The van der Waals surface area contributed by atoms with Gasteiger partial charge in [-0.1, -0.05) is 24.3 Å². The number of amides is 1. The third-order valence-electron chi connectivity index (χ3n) is 7.13. The lowest BCUT2D eigenvalue weighted by atomic mass is 9.93. The van der Waals surface area contributed by atoms with Crippen LogP contribution in [0.3, 0.4) is 0 Å². The van der Waals surface area contributed by atoms with Gasteiger partial charge in [-0.2, -0.15) is 0 Å². The lowest BCUT2D eigenvalue weighted by Crippen LogP contribution is -2.59. The molecule has 1 saturated heterocycles. The maximum atomic E-state index is 15.1. The Kier molecular flexibility index (Phi) is 5.72. The number of thioether (sulfide) groups is 1. The highest BCUT2D eigenvalue weighted by Gasteiger charge is 2.41. The van der Waals surface area contributed by atoms with Crippen LogP contribution in [0, 0.1) is 11.6 Å². The molecule has 7 nitrogen and oxygen atoms in total. The van der Waals surface area contributed by atoms with Crippen LogP contribution in [0.25, 0.3) is 0 Å². The molecule has 0 unspecified atom stereocenters. The number of nitrogens with zero attached hydrogens (tertiary/aromatic N) is 3. The molecular weight excluding hydrogens is 488 g/mol. The first-order chi connectivity index (χ1) is 17.5. The summed E-state index contributed by atoms with van der Waals surface area (Å²) in [6.07, 6.45) is 2.69. The van der Waals surface area contributed by atoms with E-state index in [0.29, 0.717) is 31.6 Å². The predicted octanol–water partition coefficient (Wildman–Crippen LogP) is 3.76. The van der Waals surface area contributed by atoms with E-state index >= 15 is 4.39 Å². The van der Waals surface area contributed by atoms with Crippen molar-refractivity contribution in [3.63, 3.8) is 0 Å². The average molecular weight is 512 g/mol. The molecule has 0 bridgehead atoms. The van der Waals surface area contributed by atoms with Crippen LogP contribution in [0.5, 0.6) is 5.75 Å². The molecule has 1 N–H and O–H groups in total. The normalized spacial score (nSPS) is 19.9. The van der Waals surface area contributed by atoms with Crippen LogP contribution in [-0.4, -0.2) is 46.5 Å². The summed E-state index contributed by atoms with van der Waals surface area (Å²) < 4.78 is 36.4. The van der Waals surface area contributed by atoms with Gasteiger partial charge in [0.15, 0.2) is 23.1 Å². The van der Waals surface area contributed by atoms with Gasteiger partial charge in [0.1, 0.15) is 6.67 Å². The number of rotatable bonds is 2. The summed E-state index contributed by atoms with van der Waals surface area (Å²) in [5, 5.41) is 12.6. The summed E-state index contributed by atoms with van der Waals surface area (Å²) in [6, 6.07) is 10.8. The highest BCUT2D eigenvalue weighted by Crippen LogP contribution is 2.44. The number of aromatic hydroxyl groups is 1. The number of carbonyl (C=O) groups is 1. The Labute approximate surface area is 209 Å². The second-order valence-electron chi connectivity index (χ2n) is 9.08. The molecule has 3 aliphatic heterocycles. The standard InChI is InChI=1S/C26H23F2N3O4S/c27-19-6-5-16-18(22(19)28)13-36-21-4-2-1-3-17(21)23(16)31-14-29(15-8-11-35-12-9-15)26(34)24-25(33)20(32)7-10-30(24)31/h1-7,10,15,23,33H,8-9,11-14H2/t23-/m0/s1. The van der Waals surface area contributed by atoms with E-state index in [-0.39, 0.29) is 29.7 Å². The first-order valence-electron chi connectivity index (χ1n) is 11.7. The van der Waals surface area contributed by atoms with Crippen LogP contribution in [0.4, 0.5) is 8.78 Å². The molecule has 10 heteroatoms. The summed E-state index contributed by atoms with van der Waals surface area (Å²) in [5.74, 6) is -2.65. The summed E-state index contributed by atoms with van der Waals surface area (Å²) in [4.78, 5) is 28.5. The Hall–Kier alpha value is -3.37. The summed E-state index contributed by atoms with van der Waals surface area (Å²) in [7, 11) is 0. The highest BCUT2D eigenvalue weighted by atomic mass is 32.2. The molecule has 1 aromatic heterocycles. The van der Waals surface area contributed by atoms with Crippen LogP contribution in [0.1, 0.15) is 46.1 Å². The van der Waals surface area contributed by atoms with Gasteiger partial charge in [0, 0.05) is 47.7 Å². The van der Waals surface area contributed by atoms with Gasteiger partial charge < -0.3 is 14.7 Å². The number of carbonyl (C=O) groups excluding carboxylic acids is 1. The van der Waals surface area contributed by atoms with E-state index < -0.39 is 34.8 Å². The molecule has 3 aliphatic rings. The molecule has 186 valence electrons. The fourth-order valence-corrected chi connectivity index (χ4v) is 6.44. The zero-order valence-corrected chi connectivity index (χ0v) is 20.0. The molecule has 0 aliphatic carbocycles. The molecule has 1 amide bonds. The zero-order valence-electron chi connectivity index (χ0n) is 19.2. The van der Waals surface area contributed by atoms with E-state index in [1.54, 1.807) is 11.0 Å². The SMILES string of the molecule is O=C1c2c(O)c(=O)ccn2N([C@@H]2c3ccccc3SCc3c2ccc(F)c3F)CN1C1CCOCC1. The van der Waals surface area contributed by atoms with Crippen molar-refractivity contribution in [3.8, 4) is 5.75 Å². The number of hydrogen-bond acceptors (Lipinski definition) is 6. The van der Waals surface area contributed by atoms with Gasteiger partial charge in [-0.25, -0.2) is 8.78 Å². The van der Waals surface area contributed by atoms with Crippen molar-refractivity contribution in [3.05, 3.63) is 92.9 Å². The van der Waals surface area contributed by atoms with E-state index in [4.69, 9.17) is 4.74 Å². The Bertz CT molecular complexity index is 1420. The Balaban J connectivity index is 1.59. The third-order valence-corrected chi connectivity index (χ3v) is 8.25. The number of halogens is 2. The molecule has 0 radical (unpaired) electrons. The predicted molar refractivity (Wildman–Crippen MR) is 130 cm³/mol. The van der Waals surface area contributed by atoms with Crippen LogP contribution in [0.2, 0.25) is 0 Å². The monoisotopic (exact) mass is 511 g/mol. The lowest BCUT2D eigenvalue weighted by Gasteiger charge is -2.47. The van der Waals surface area contributed by atoms with Crippen molar-refractivity contribution < 1.29 is 23.4 Å². The number of pyridine rings is 1. The van der Waals surface area contributed by atoms with Gasteiger partial charge in [-0.3, -0.25) is 19.3 Å². The van der Waals surface area contributed by atoms with E-state index in [1.165, 1.54) is 28.7 Å². The summed E-state index contributed by atoms with van der Waals surface area (Å²) >= 11 is 1.42. The van der Waals surface area contributed by atoms with Crippen LogP contribution < -0.4 is 10.4 Å². The minimum absolute atomic E-state index is 0.126. The first kappa shape index (κ1) is 23.1. The average Bonchev–Trinajstić information content (AvgIpc) is 3.06. The molecule has 36 heavy (non-hydrogen) atoms. The van der Waals surface area contributed by atoms with Gasteiger partial charge in [0.2, 0.25) is 5.43 Å². The first-order valence-corrected chi connectivity index (χ1v) is 12.7. The van der Waals surface area contributed by atoms with Crippen molar-refractivity contribution in [2.24, 2.45) is 0 Å². The number of benzene rings is 2. The number of ether oxygens (including phenoxy) is 1. The smallest absolute Gasteiger partial charge is 0.278 e. The van der Waals surface area contributed by atoms with Gasteiger partial charge in [-0.15, -0.1) is 11.8 Å². The number of fused-ring (bicyclic) bond motifs is 3. The minimum atomic E-state index is -0.918. The van der Waals surface area contributed by atoms with E-state index in [0.717, 1.165) is 16.5 Å². The minimum Gasteiger partial charge on any atom is -0.502 e. The molecule has 1 fully saturated rings. The molecule has 3 aromatic rings. The molecular formula is C26H23F2N3O4S. The molecule has 1 atom stereocenters. The topological polar surface area (TPSA) is 75.0 Å². The fourth-order valence-electron chi connectivity index (χ4n) is 5.33. The van der Waals surface area contributed by atoms with Crippen molar-refractivity contribution >= 4 is 17.7 Å². The Morgan fingerprint density at radius 3 is 2.58 bits per heavy atom. The number of aromatic nitrogens is 1. The van der Waals surface area contributed by atoms with Crippen LogP contribution in [-0.2, 0) is 10.5 Å². The maximum Gasteiger partial charge on any atom is 0.278 e. The second-order valence-corrected chi connectivity index (χ2v) is 10.1. The van der Waals surface area contributed by atoms with Gasteiger partial charge >= 0.3 is 0 Å². The molecule has 2 aromatic carbocycles. The Morgan fingerprint density at radius 2 is 1.78 bits per heavy atom. The third kappa shape index (κ3) is 3.58. The van der Waals surface area contributed by atoms with Crippen LogP contribution in [0.15, 0.2) is 58.4 Å². The van der Waals surface area contributed by atoms with E-state index in [1.807, 2.05) is 29.3 Å². The van der Waals surface area contributed by atoms with Crippen molar-refractivity contribution in [2.75, 3.05) is 24.9 Å². The quantitative estimate of drug-likeness (QED) is 0.565. The molecule has 0 saturated carbocycles. The summed E-state index contributed by atoms with van der Waals surface area (Å²) in [5.41, 5.74) is 0.879. The molecule has 0 spiro atoms. The summed E-state index contributed by atoms with van der Waals surface area (Å²) in [6.45, 7) is 1.12. The zero-order chi connectivity index (χ0) is 25.0. The Morgan fingerprint density at radius 1 is 1.00 bits per heavy atom. The van der Waals surface area contributed by atoms with Gasteiger partial charge in [-0.05, 0) is 36.1 Å². The van der Waals surface area contributed by atoms with Crippen molar-refractivity contribution in [2.45, 2.75) is 35.6 Å². The fraction of sp³-hybridized carbons (Fsp3) is 0.308. The van der Waals surface area contributed by atoms with Crippen molar-refractivity contribution in [1.82, 2.24) is 9.58 Å². The highest BCUT2D eigenvalue weighted by molar-refractivity contribution is 7.98. The van der Waals surface area contributed by atoms with Crippen molar-refractivity contribution in [1.29, 1.82) is 0 Å². The van der Waals surface area contributed by atoms with Gasteiger partial charge in [0.25, 0.3) is 5.91 Å².